The molecule has 0 aromatic heterocycles. The van der Waals surface area contributed by atoms with Crippen molar-refractivity contribution in [2.75, 3.05) is 13.1 Å². The quantitative estimate of drug-likeness (QED) is 0.710. The van der Waals surface area contributed by atoms with Crippen molar-refractivity contribution in [2.45, 2.75) is 45.1 Å². The highest BCUT2D eigenvalue weighted by Gasteiger charge is 2.31. The molecule has 0 bridgehead atoms. The van der Waals surface area contributed by atoms with Gasteiger partial charge in [-0.15, -0.1) is 0 Å². The summed E-state index contributed by atoms with van der Waals surface area (Å²) in [5.41, 5.74) is 6.01. The minimum absolute atomic E-state index is 0.184. The van der Waals surface area contributed by atoms with E-state index in [1.807, 2.05) is 4.90 Å². The topological polar surface area (TPSA) is 46.3 Å². The molecule has 86 valence electrons. The zero-order chi connectivity index (χ0) is 10.8. The van der Waals surface area contributed by atoms with Crippen LogP contribution in [0.3, 0.4) is 0 Å². The number of carbonyl (C=O) groups is 1. The molecule has 2 fully saturated rings. The van der Waals surface area contributed by atoms with Gasteiger partial charge in [0.05, 0.1) is 0 Å². The Kier molecular flexibility index (Phi) is 3.29. The van der Waals surface area contributed by atoms with Gasteiger partial charge in [-0.05, 0) is 25.2 Å². The smallest absolute Gasteiger partial charge is 0.225 e. The van der Waals surface area contributed by atoms with E-state index in [9.17, 15) is 4.79 Å². The minimum atomic E-state index is 0.184. The first-order chi connectivity index (χ1) is 7.18. The molecule has 15 heavy (non-hydrogen) atoms. The SMILES string of the molecule is CC1CCN(C(=O)C2CCCC2)CC1N. The van der Waals surface area contributed by atoms with E-state index in [4.69, 9.17) is 5.73 Å². The summed E-state index contributed by atoms with van der Waals surface area (Å²) in [6.07, 6.45) is 5.72. The molecule has 1 amide bonds. The van der Waals surface area contributed by atoms with E-state index in [0.717, 1.165) is 32.4 Å². The fraction of sp³-hybridized carbons (Fsp3) is 0.917. The molecule has 1 saturated heterocycles. The highest BCUT2D eigenvalue weighted by Crippen LogP contribution is 2.28. The lowest BCUT2D eigenvalue weighted by atomic mass is 9.93. The van der Waals surface area contributed by atoms with Gasteiger partial charge in [-0.2, -0.15) is 0 Å². The maximum Gasteiger partial charge on any atom is 0.225 e. The van der Waals surface area contributed by atoms with Crippen molar-refractivity contribution < 1.29 is 4.79 Å². The van der Waals surface area contributed by atoms with Crippen molar-refractivity contribution in [3.05, 3.63) is 0 Å². The van der Waals surface area contributed by atoms with Gasteiger partial charge >= 0.3 is 0 Å². The first-order valence-corrected chi connectivity index (χ1v) is 6.23. The number of rotatable bonds is 1. The molecule has 0 aromatic rings. The summed E-state index contributed by atoms with van der Waals surface area (Å²) in [6.45, 7) is 3.88. The zero-order valence-corrected chi connectivity index (χ0v) is 9.61. The second-order valence-corrected chi connectivity index (χ2v) is 5.20. The maximum absolute atomic E-state index is 12.1. The number of amides is 1. The van der Waals surface area contributed by atoms with Crippen molar-refractivity contribution >= 4 is 5.91 Å². The van der Waals surface area contributed by atoms with Gasteiger partial charge in [0.2, 0.25) is 5.91 Å². The Balaban J connectivity index is 1.90. The molecular weight excluding hydrogens is 188 g/mol. The Labute approximate surface area is 92.0 Å². The standard InChI is InChI=1S/C12H22N2O/c1-9-6-7-14(8-11(9)13)12(15)10-4-2-3-5-10/h9-11H,2-8,13H2,1H3. The van der Waals surface area contributed by atoms with Gasteiger partial charge in [0.15, 0.2) is 0 Å². The lowest BCUT2D eigenvalue weighted by Gasteiger charge is -2.36. The number of piperidine rings is 1. The first-order valence-electron chi connectivity index (χ1n) is 6.23. The van der Waals surface area contributed by atoms with Crippen molar-refractivity contribution in [2.24, 2.45) is 17.6 Å². The van der Waals surface area contributed by atoms with Crippen LogP contribution in [0.1, 0.15) is 39.0 Å². The largest absolute Gasteiger partial charge is 0.341 e. The number of nitrogens with two attached hydrogens (primary N) is 1. The van der Waals surface area contributed by atoms with Gasteiger partial charge in [-0.3, -0.25) is 4.79 Å². The van der Waals surface area contributed by atoms with E-state index in [1.165, 1.54) is 12.8 Å². The van der Waals surface area contributed by atoms with E-state index in [0.29, 0.717) is 17.7 Å². The van der Waals surface area contributed by atoms with Gasteiger partial charge in [0.25, 0.3) is 0 Å². The molecule has 2 atom stereocenters. The number of hydrogen-bond acceptors (Lipinski definition) is 2. The molecule has 0 spiro atoms. The van der Waals surface area contributed by atoms with E-state index < -0.39 is 0 Å². The number of hydrogen-bond donors (Lipinski definition) is 1. The van der Waals surface area contributed by atoms with E-state index in [-0.39, 0.29) is 6.04 Å². The van der Waals surface area contributed by atoms with Gasteiger partial charge in [-0.25, -0.2) is 0 Å². The van der Waals surface area contributed by atoms with Crippen molar-refractivity contribution in [1.82, 2.24) is 4.90 Å². The van der Waals surface area contributed by atoms with E-state index >= 15 is 0 Å². The molecule has 3 heteroatoms. The second-order valence-electron chi connectivity index (χ2n) is 5.20. The molecule has 3 nitrogen and oxygen atoms in total. The molecule has 1 aliphatic heterocycles. The molecule has 0 aromatic carbocycles. The predicted octanol–water partition coefficient (Wildman–Crippen LogP) is 1.37. The van der Waals surface area contributed by atoms with Crippen LogP contribution in [0.15, 0.2) is 0 Å². The Morgan fingerprint density at radius 3 is 2.53 bits per heavy atom. The Bertz CT molecular complexity index is 236. The van der Waals surface area contributed by atoms with Gasteiger partial charge in [0, 0.05) is 25.0 Å². The number of nitrogens with zero attached hydrogens (tertiary/aromatic N) is 1. The molecular formula is C12H22N2O. The summed E-state index contributed by atoms with van der Waals surface area (Å²) in [5.74, 6) is 1.25. The number of likely N-dealkylation sites (tertiary alicyclic amines) is 1. The summed E-state index contributed by atoms with van der Waals surface area (Å²) in [5, 5.41) is 0. The highest BCUT2D eigenvalue weighted by molar-refractivity contribution is 5.79. The third-order valence-corrected chi connectivity index (χ3v) is 4.03. The second kappa shape index (κ2) is 4.52. The average Bonchev–Trinajstić information content (AvgIpc) is 2.74. The fourth-order valence-electron chi connectivity index (χ4n) is 2.73. The van der Waals surface area contributed by atoms with Gasteiger partial charge < -0.3 is 10.6 Å². The van der Waals surface area contributed by atoms with Gasteiger partial charge in [0.1, 0.15) is 0 Å². The summed E-state index contributed by atoms with van der Waals surface area (Å²) in [4.78, 5) is 14.1. The summed E-state index contributed by atoms with van der Waals surface area (Å²) >= 11 is 0. The third-order valence-electron chi connectivity index (χ3n) is 4.03. The van der Waals surface area contributed by atoms with Crippen LogP contribution >= 0.6 is 0 Å². The lowest BCUT2D eigenvalue weighted by molar-refractivity contribution is -0.137. The van der Waals surface area contributed by atoms with Gasteiger partial charge in [-0.1, -0.05) is 19.8 Å². The van der Waals surface area contributed by atoms with Crippen LogP contribution < -0.4 is 5.73 Å². The third kappa shape index (κ3) is 2.33. The normalized spacial score (nSPS) is 33.3. The lowest BCUT2D eigenvalue weighted by Crippen LogP contribution is -2.51. The Morgan fingerprint density at radius 2 is 1.93 bits per heavy atom. The van der Waals surface area contributed by atoms with Crippen LogP contribution in [0.5, 0.6) is 0 Å². The Hall–Kier alpha value is -0.570. The van der Waals surface area contributed by atoms with Crippen LogP contribution in [0.4, 0.5) is 0 Å². The zero-order valence-electron chi connectivity index (χ0n) is 9.61. The predicted molar refractivity (Wildman–Crippen MR) is 60.3 cm³/mol. The molecule has 1 saturated carbocycles. The number of carbonyl (C=O) groups excluding carboxylic acids is 1. The maximum atomic E-state index is 12.1. The molecule has 2 N–H and O–H groups in total. The van der Waals surface area contributed by atoms with Crippen LogP contribution in [0, 0.1) is 11.8 Å². The fourth-order valence-corrected chi connectivity index (χ4v) is 2.73. The molecule has 1 aliphatic carbocycles. The van der Waals surface area contributed by atoms with Crippen LogP contribution in [0.25, 0.3) is 0 Å². The molecule has 2 unspecified atom stereocenters. The molecule has 1 heterocycles. The minimum Gasteiger partial charge on any atom is -0.341 e. The Morgan fingerprint density at radius 1 is 1.27 bits per heavy atom. The van der Waals surface area contributed by atoms with Crippen LogP contribution in [-0.4, -0.2) is 29.9 Å². The van der Waals surface area contributed by atoms with Crippen molar-refractivity contribution in [3.63, 3.8) is 0 Å². The van der Waals surface area contributed by atoms with Crippen molar-refractivity contribution in [3.8, 4) is 0 Å². The molecule has 2 rings (SSSR count). The average molecular weight is 210 g/mol. The highest BCUT2D eigenvalue weighted by atomic mass is 16.2. The van der Waals surface area contributed by atoms with E-state index in [1.54, 1.807) is 0 Å². The first kappa shape index (κ1) is 10.9. The summed E-state index contributed by atoms with van der Waals surface area (Å²) in [6, 6.07) is 0.184. The summed E-state index contributed by atoms with van der Waals surface area (Å²) in [7, 11) is 0. The van der Waals surface area contributed by atoms with Crippen LogP contribution in [0.2, 0.25) is 0 Å². The van der Waals surface area contributed by atoms with Crippen LogP contribution in [-0.2, 0) is 4.79 Å². The monoisotopic (exact) mass is 210 g/mol. The van der Waals surface area contributed by atoms with E-state index in [2.05, 4.69) is 6.92 Å². The summed E-state index contributed by atoms with van der Waals surface area (Å²) < 4.78 is 0. The molecule has 2 aliphatic rings. The van der Waals surface area contributed by atoms with Crippen molar-refractivity contribution in [1.29, 1.82) is 0 Å². The molecule has 0 radical (unpaired) electrons.